The smallest absolute Gasteiger partial charge is 0.268 e. The van der Waals surface area contributed by atoms with Crippen molar-refractivity contribution < 1.29 is 26.3 Å². The fraction of sp³-hybridized carbons (Fsp3) is 0.100. The van der Waals surface area contributed by atoms with E-state index in [-0.39, 0.29) is 11.9 Å². The highest BCUT2D eigenvalue weighted by Crippen LogP contribution is 2.38. The van der Waals surface area contributed by atoms with Crippen LogP contribution in [0, 0.1) is 0 Å². The van der Waals surface area contributed by atoms with E-state index in [1.807, 2.05) is 0 Å². The lowest BCUT2D eigenvalue weighted by Gasteiger charge is -2.13. The molecule has 3 heterocycles. The average Bonchev–Trinajstić information content (AvgIpc) is 3.25. The van der Waals surface area contributed by atoms with Gasteiger partial charge in [-0.05, 0) is 18.2 Å². The first kappa shape index (κ1) is 22.8. The average molecular weight is 479 g/mol. The fourth-order valence-corrected chi connectivity index (χ4v) is 2.96. The third kappa shape index (κ3) is 5.00. The molecule has 0 amide bonds. The summed E-state index contributed by atoms with van der Waals surface area (Å²) in [5, 5.41) is 9.92. The largest absolute Gasteiger partial charge is 0.416 e. The molecule has 0 unspecified atom stereocenters. The Kier molecular flexibility index (Phi) is 5.73. The van der Waals surface area contributed by atoms with E-state index in [9.17, 15) is 31.1 Å². The lowest BCUT2D eigenvalue weighted by molar-refractivity contribution is -0.143. The second-order valence-electron chi connectivity index (χ2n) is 6.85. The van der Waals surface area contributed by atoms with E-state index in [0.717, 1.165) is 11.0 Å². The van der Waals surface area contributed by atoms with E-state index >= 15 is 0 Å². The highest BCUT2D eigenvalue weighted by atomic mass is 19.4. The number of halogens is 6. The molecule has 34 heavy (non-hydrogen) atoms. The molecule has 0 saturated carbocycles. The Bertz CT molecular complexity index is 1370. The quantitative estimate of drug-likeness (QED) is 0.446. The number of nitrogens with zero attached hydrogens (tertiary/aromatic N) is 6. The summed E-state index contributed by atoms with van der Waals surface area (Å²) >= 11 is 0. The number of benzene rings is 1. The molecule has 0 aliphatic heterocycles. The van der Waals surface area contributed by atoms with Gasteiger partial charge in [-0.2, -0.15) is 31.4 Å². The normalized spacial score (nSPS) is 12.7. The Hall–Kier alpha value is -4.36. The van der Waals surface area contributed by atoms with Crippen molar-refractivity contribution in [3.8, 4) is 11.4 Å². The molecule has 8 nitrogen and oxygen atoms in total. The number of alkyl halides is 6. The molecule has 0 atom stereocenters. The minimum absolute atomic E-state index is 0.0217. The van der Waals surface area contributed by atoms with Crippen LogP contribution in [-0.2, 0) is 12.4 Å². The van der Waals surface area contributed by atoms with Crippen LogP contribution in [-0.4, -0.2) is 34.9 Å². The van der Waals surface area contributed by atoms with Crippen LogP contribution in [0.1, 0.15) is 22.3 Å². The Balaban J connectivity index is 1.81. The standard InChI is InChI=1S/C20H11F6N7O/c21-19(22,23)14-1-11(2-15(4-14)20(24,25)26)18-29-10-33(32-18)8-16(13-5-27-9-28-6-13)12-3-17(34)31-30-7-12/h1-10H,(H,31,34)/b16-8+. The summed E-state index contributed by atoms with van der Waals surface area (Å²) in [6.45, 7) is 0. The molecule has 0 aliphatic rings. The van der Waals surface area contributed by atoms with Crippen molar-refractivity contribution in [2.24, 2.45) is 0 Å². The summed E-state index contributed by atoms with van der Waals surface area (Å²) in [6.07, 6.45) is -2.10. The monoisotopic (exact) mass is 479 g/mol. The molecular formula is C20H11F6N7O. The molecule has 0 spiro atoms. The van der Waals surface area contributed by atoms with E-state index < -0.39 is 34.6 Å². The van der Waals surface area contributed by atoms with Gasteiger partial charge in [-0.1, -0.05) is 0 Å². The predicted octanol–water partition coefficient (Wildman–Crippen LogP) is 3.90. The van der Waals surface area contributed by atoms with Crippen molar-refractivity contribution in [2.45, 2.75) is 12.4 Å². The highest BCUT2D eigenvalue weighted by molar-refractivity contribution is 5.86. The molecule has 4 aromatic rings. The van der Waals surface area contributed by atoms with Gasteiger partial charge in [-0.15, -0.1) is 5.10 Å². The summed E-state index contributed by atoms with van der Waals surface area (Å²) in [6, 6.07) is 2.32. The molecule has 0 radical (unpaired) electrons. The van der Waals surface area contributed by atoms with Gasteiger partial charge in [0.1, 0.15) is 12.7 Å². The molecule has 0 aliphatic carbocycles. The van der Waals surface area contributed by atoms with Gasteiger partial charge in [0.2, 0.25) is 0 Å². The van der Waals surface area contributed by atoms with Crippen molar-refractivity contribution in [2.75, 3.05) is 0 Å². The zero-order chi connectivity index (χ0) is 24.5. The van der Waals surface area contributed by atoms with Crippen LogP contribution >= 0.6 is 0 Å². The van der Waals surface area contributed by atoms with Crippen LogP contribution in [0.3, 0.4) is 0 Å². The first-order valence-corrected chi connectivity index (χ1v) is 9.24. The fourth-order valence-electron chi connectivity index (χ4n) is 2.96. The highest BCUT2D eigenvalue weighted by Gasteiger charge is 2.37. The van der Waals surface area contributed by atoms with Crippen molar-refractivity contribution in [3.05, 3.63) is 88.1 Å². The number of hydrogen-bond donors (Lipinski definition) is 1. The zero-order valence-electron chi connectivity index (χ0n) is 16.6. The Morgan fingerprint density at radius 3 is 2.12 bits per heavy atom. The SMILES string of the molecule is O=c1cc(/C(=C\n2cnc(-c3cc(C(F)(F)F)cc(C(F)(F)F)c3)n2)c2cncnc2)cn[nH]1. The molecule has 1 N–H and O–H groups in total. The first-order valence-electron chi connectivity index (χ1n) is 9.24. The van der Waals surface area contributed by atoms with E-state index in [1.165, 1.54) is 37.2 Å². The molecule has 4 rings (SSSR count). The summed E-state index contributed by atoms with van der Waals surface area (Å²) in [5.41, 5.74) is -2.85. The van der Waals surface area contributed by atoms with Crippen LogP contribution in [0.4, 0.5) is 26.3 Å². The van der Waals surface area contributed by atoms with Gasteiger partial charge in [0.05, 0.1) is 17.3 Å². The number of rotatable bonds is 4. The zero-order valence-corrected chi connectivity index (χ0v) is 16.6. The van der Waals surface area contributed by atoms with Crippen molar-refractivity contribution in [1.29, 1.82) is 0 Å². The predicted molar refractivity (Wildman–Crippen MR) is 106 cm³/mol. The third-order valence-corrected chi connectivity index (χ3v) is 4.46. The number of hydrogen-bond acceptors (Lipinski definition) is 6. The van der Waals surface area contributed by atoms with Gasteiger partial charge < -0.3 is 0 Å². The molecule has 1 aromatic carbocycles. The van der Waals surface area contributed by atoms with Crippen molar-refractivity contribution in [3.63, 3.8) is 0 Å². The van der Waals surface area contributed by atoms with Crippen LogP contribution in [0.2, 0.25) is 0 Å². The Labute approximate surface area is 185 Å². The first-order chi connectivity index (χ1) is 16.0. The summed E-state index contributed by atoms with van der Waals surface area (Å²) < 4.78 is 80.1. The molecule has 0 bridgehead atoms. The number of H-pyrrole nitrogens is 1. The van der Waals surface area contributed by atoms with Gasteiger partial charge in [0.25, 0.3) is 5.56 Å². The number of aromatic nitrogens is 7. The Morgan fingerprint density at radius 1 is 0.882 bits per heavy atom. The molecule has 0 fully saturated rings. The van der Waals surface area contributed by atoms with Crippen molar-refractivity contribution in [1.82, 2.24) is 34.9 Å². The van der Waals surface area contributed by atoms with Crippen LogP contribution in [0.5, 0.6) is 0 Å². The summed E-state index contributed by atoms with van der Waals surface area (Å²) in [4.78, 5) is 23.3. The maximum Gasteiger partial charge on any atom is 0.416 e. The van der Waals surface area contributed by atoms with Gasteiger partial charge in [0, 0.05) is 46.9 Å². The van der Waals surface area contributed by atoms with Gasteiger partial charge >= 0.3 is 12.4 Å². The van der Waals surface area contributed by atoms with Gasteiger partial charge in [0.15, 0.2) is 5.82 Å². The molecule has 14 heteroatoms. The van der Waals surface area contributed by atoms with E-state index in [1.54, 1.807) is 0 Å². The summed E-state index contributed by atoms with van der Waals surface area (Å²) in [5.74, 6) is -0.374. The number of nitrogens with one attached hydrogen (secondary N) is 1. The second kappa shape index (κ2) is 8.53. The lowest BCUT2D eigenvalue weighted by atomic mass is 10.0. The maximum absolute atomic E-state index is 13.2. The maximum atomic E-state index is 13.2. The van der Waals surface area contributed by atoms with Gasteiger partial charge in [-0.25, -0.2) is 24.7 Å². The molecule has 0 saturated heterocycles. The number of aromatic amines is 1. The van der Waals surface area contributed by atoms with Crippen LogP contribution in [0.15, 0.2) is 60.3 Å². The van der Waals surface area contributed by atoms with Crippen LogP contribution < -0.4 is 5.56 Å². The Morgan fingerprint density at radius 2 is 1.53 bits per heavy atom. The molecular weight excluding hydrogens is 468 g/mol. The van der Waals surface area contributed by atoms with Crippen molar-refractivity contribution >= 4 is 11.8 Å². The van der Waals surface area contributed by atoms with Gasteiger partial charge in [-0.3, -0.25) is 4.79 Å². The van der Waals surface area contributed by atoms with E-state index in [0.29, 0.717) is 28.8 Å². The third-order valence-electron chi connectivity index (χ3n) is 4.46. The lowest BCUT2D eigenvalue weighted by Crippen LogP contribution is -2.11. The minimum Gasteiger partial charge on any atom is -0.268 e. The minimum atomic E-state index is -5.01. The summed E-state index contributed by atoms with van der Waals surface area (Å²) in [7, 11) is 0. The van der Waals surface area contributed by atoms with Crippen LogP contribution in [0.25, 0.3) is 23.2 Å². The van der Waals surface area contributed by atoms with E-state index in [4.69, 9.17) is 0 Å². The van der Waals surface area contributed by atoms with E-state index in [2.05, 4.69) is 30.2 Å². The molecule has 3 aromatic heterocycles. The molecule has 174 valence electrons. The second-order valence-corrected chi connectivity index (χ2v) is 6.85. The topological polar surface area (TPSA) is 102 Å².